The van der Waals surface area contributed by atoms with Crippen molar-refractivity contribution in [2.24, 2.45) is 0 Å². The van der Waals surface area contributed by atoms with Gasteiger partial charge in [-0.1, -0.05) is 36.9 Å². The molecule has 0 amide bonds. The molecule has 1 aromatic carbocycles. The summed E-state index contributed by atoms with van der Waals surface area (Å²) in [6, 6.07) is 9.89. The van der Waals surface area contributed by atoms with E-state index in [1.54, 1.807) is 17.1 Å². The number of hydrogen-bond acceptors (Lipinski definition) is 3. The van der Waals surface area contributed by atoms with Gasteiger partial charge >= 0.3 is 0 Å². The largest absolute Gasteiger partial charge is 0.252 e. The van der Waals surface area contributed by atoms with Crippen molar-refractivity contribution in [3.05, 3.63) is 54.1 Å². The zero-order valence-corrected chi connectivity index (χ0v) is 8.67. The van der Waals surface area contributed by atoms with Gasteiger partial charge in [-0.25, -0.2) is 9.67 Å². The predicted octanol–water partition coefficient (Wildman–Crippen LogP) is 1.84. The van der Waals surface area contributed by atoms with E-state index in [2.05, 4.69) is 16.7 Å². The van der Waals surface area contributed by atoms with Crippen molar-refractivity contribution in [3.8, 4) is 6.07 Å². The smallest absolute Gasteiger partial charge is 0.247 e. The first-order valence-corrected chi connectivity index (χ1v) is 4.83. The SMILES string of the molecule is C=Cc1ccc(Cn2cnc(C#N)n2)cc1. The molecule has 0 aliphatic carbocycles. The zero-order chi connectivity index (χ0) is 11.4. The molecule has 0 unspecified atom stereocenters. The number of nitriles is 1. The van der Waals surface area contributed by atoms with Gasteiger partial charge in [-0.15, -0.1) is 5.10 Å². The van der Waals surface area contributed by atoms with Gasteiger partial charge in [0.2, 0.25) is 0 Å². The Bertz CT molecular complexity index is 531. The van der Waals surface area contributed by atoms with Crippen LogP contribution < -0.4 is 0 Å². The fourth-order valence-electron chi connectivity index (χ4n) is 1.37. The maximum Gasteiger partial charge on any atom is 0.252 e. The summed E-state index contributed by atoms with van der Waals surface area (Å²) in [5, 5.41) is 12.6. The Morgan fingerprint density at radius 2 is 2.12 bits per heavy atom. The Morgan fingerprint density at radius 3 is 2.69 bits per heavy atom. The molecule has 0 bridgehead atoms. The van der Waals surface area contributed by atoms with Crippen LogP contribution >= 0.6 is 0 Å². The molecule has 1 heterocycles. The van der Waals surface area contributed by atoms with Crippen LogP contribution in [0, 0.1) is 11.3 Å². The Labute approximate surface area is 93.5 Å². The normalized spacial score (nSPS) is 9.69. The summed E-state index contributed by atoms with van der Waals surface area (Å²) in [5.74, 6) is 0.197. The zero-order valence-electron chi connectivity index (χ0n) is 8.67. The van der Waals surface area contributed by atoms with Gasteiger partial charge in [0, 0.05) is 0 Å². The fourth-order valence-corrected chi connectivity index (χ4v) is 1.37. The van der Waals surface area contributed by atoms with Crippen molar-refractivity contribution in [2.75, 3.05) is 0 Å². The minimum atomic E-state index is 0.197. The van der Waals surface area contributed by atoms with Gasteiger partial charge in [0.15, 0.2) is 0 Å². The van der Waals surface area contributed by atoms with Crippen molar-refractivity contribution in [2.45, 2.75) is 6.54 Å². The van der Waals surface area contributed by atoms with Gasteiger partial charge in [0.25, 0.3) is 5.82 Å². The van der Waals surface area contributed by atoms with Gasteiger partial charge in [0.1, 0.15) is 12.4 Å². The average molecular weight is 210 g/mol. The highest BCUT2D eigenvalue weighted by Gasteiger charge is 1.99. The number of nitrogens with zero attached hydrogens (tertiary/aromatic N) is 4. The topological polar surface area (TPSA) is 54.5 Å². The van der Waals surface area contributed by atoms with Crippen molar-refractivity contribution < 1.29 is 0 Å². The van der Waals surface area contributed by atoms with E-state index in [4.69, 9.17) is 5.26 Å². The lowest BCUT2D eigenvalue weighted by Crippen LogP contribution is -2.00. The molecule has 78 valence electrons. The van der Waals surface area contributed by atoms with Gasteiger partial charge in [-0.2, -0.15) is 5.26 Å². The van der Waals surface area contributed by atoms with Gasteiger partial charge in [0.05, 0.1) is 6.54 Å². The van der Waals surface area contributed by atoms with Crippen molar-refractivity contribution in [3.63, 3.8) is 0 Å². The monoisotopic (exact) mass is 210 g/mol. The third kappa shape index (κ3) is 2.15. The number of benzene rings is 1. The molecule has 0 atom stereocenters. The van der Waals surface area contributed by atoms with Crippen LogP contribution in [0.15, 0.2) is 37.2 Å². The first-order chi connectivity index (χ1) is 7.81. The summed E-state index contributed by atoms with van der Waals surface area (Å²) in [5.41, 5.74) is 2.19. The predicted molar refractivity (Wildman–Crippen MR) is 60.4 cm³/mol. The number of hydrogen-bond donors (Lipinski definition) is 0. The molecule has 1 aromatic heterocycles. The molecule has 16 heavy (non-hydrogen) atoms. The van der Waals surface area contributed by atoms with Crippen LogP contribution in [0.2, 0.25) is 0 Å². The molecule has 0 fully saturated rings. The Morgan fingerprint density at radius 1 is 1.38 bits per heavy atom. The lowest BCUT2D eigenvalue weighted by molar-refractivity contribution is 0.682. The van der Waals surface area contributed by atoms with Crippen LogP contribution in [0.5, 0.6) is 0 Å². The molecule has 0 saturated carbocycles. The second-order valence-electron chi connectivity index (χ2n) is 3.32. The van der Waals surface area contributed by atoms with E-state index >= 15 is 0 Å². The van der Waals surface area contributed by atoms with E-state index in [-0.39, 0.29) is 5.82 Å². The van der Waals surface area contributed by atoms with Gasteiger partial charge in [-0.05, 0) is 11.1 Å². The Kier molecular flexibility index (Phi) is 2.79. The highest BCUT2D eigenvalue weighted by atomic mass is 15.3. The van der Waals surface area contributed by atoms with E-state index in [0.29, 0.717) is 6.54 Å². The highest BCUT2D eigenvalue weighted by Crippen LogP contribution is 2.06. The highest BCUT2D eigenvalue weighted by molar-refractivity contribution is 5.47. The van der Waals surface area contributed by atoms with Crippen molar-refractivity contribution >= 4 is 6.08 Å². The molecule has 4 heteroatoms. The minimum absolute atomic E-state index is 0.197. The van der Waals surface area contributed by atoms with E-state index in [1.165, 1.54) is 0 Å². The summed E-state index contributed by atoms with van der Waals surface area (Å²) in [6.45, 7) is 4.31. The molecule has 0 aliphatic heterocycles. The summed E-state index contributed by atoms with van der Waals surface area (Å²) < 4.78 is 1.64. The van der Waals surface area contributed by atoms with Crippen LogP contribution in [0.3, 0.4) is 0 Å². The third-order valence-electron chi connectivity index (χ3n) is 2.20. The molecule has 0 spiro atoms. The minimum Gasteiger partial charge on any atom is -0.247 e. The van der Waals surface area contributed by atoms with E-state index in [0.717, 1.165) is 11.1 Å². The molecule has 0 saturated heterocycles. The fraction of sp³-hybridized carbons (Fsp3) is 0.0833. The van der Waals surface area contributed by atoms with Gasteiger partial charge < -0.3 is 0 Å². The van der Waals surface area contributed by atoms with Crippen LogP contribution in [-0.4, -0.2) is 14.8 Å². The first-order valence-electron chi connectivity index (χ1n) is 4.83. The third-order valence-corrected chi connectivity index (χ3v) is 2.20. The second kappa shape index (κ2) is 4.41. The Hall–Kier alpha value is -2.41. The molecular formula is C12H10N4. The van der Waals surface area contributed by atoms with Gasteiger partial charge in [-0.3, -0.25) is 0 Å². The summed E-state index contributed by atoms with van der Waals surface area (Å²) in [6.07, 6.45) is 3.35. The van der Waals surface area contributed by atoms with Crippen molar-refractivity contribution in [1.82, 2.24) is 14.8 Å². The molecular weight excluding hydrogens is 200 g/mol. The average Bonchev–Trinajstić information content (AvgIpc) is 2.78. The standard InChI is InChI=1S/C12H10N4/c1-2-10-3-5-11(6-4-10)8-16-9-14-12(7-13)15-16/h2-6,9H,1,8H2. The maximum atomic E-state index is 8.59. The molecule has 0 aliphatic rings. The maximum absolute atomic E-state index is 8.59. The summed E-state index contributed by atoms with van der Waals surface area (Å²) in [4.78, 5) is 3.84. The molecule has 2 aromatic rings. The van der Waals surface area contributed by atoms with Crippen molar-refractivity contribution in [1.29, 1.82) is 5.26 Å². The van der Waals surface area contributed by atoms with E-state index in [1.807, 2.05) is 30.3 Å². The summed E-state index contributed by atoms with van der Waals surface area (Å²) in [7, 11) is 0. The van der Waals surface area contributed by atoms with E-state index in [9.17, 15) is 0 Å². The quantitative estimate of drug-likeness (QED) is 0.776. The van der Waals surface area contributed by atoms with Crippen LogP contribution in [0.1, 0.15) is 17.0 Å². The first kappa shape index (κ1) is 10.1. The second-order valence-corrected chi connectivity index (χ2v) is 3.32. The number of rotatable bonds is 3. The molecule has 0 radical (unpaired) electrons. The lowest BCUT2D eigenvalue weighted by Gasteiger charge is -2.01. The molecule has 0 N–H and O–H groups in total. The van der Waals surface area contributed by atoms with E-state index < -0.39 is 0 Å². The van der Waals surface area contributed by atoms with Crippen LogP contribution in [-0.2, 0) is 6.54 Å². The Balaban J connectivity index is 2.14. The number of aromatic nitrogens is 3. The molecule has 4 nitrogen and oxygen atoms in total. The molecule has 2 rings (SSSR count). The van der Waals surface area contributed by atoms with Crippen LogP contribution in [0.25, 0.3) is 6.08 Å². The lowest BCUT2D eigenvalue weighted by atomic mass is 10.1. The summed E-state index contributed by atoms with van der Waals surface area (Å²) >= 11 is 0. The van der Waals surface area contributed by atoms with Crippen LogP contribution in [0.4, 0.5) is 0 Å².